The summed E-state index contributed by atoms with van der Waals surface area (Å²) in [4.78, 5) is 27.2. The second-order valence-corrected chi connectivity index (χ2v) is 8.39. The van der Waals surface area contributed by atoms with E-state index in [9.17, 15) is 15.0 Å². The number of nitrogens with one attached hydrogen (secondary N) is 4. The van der Waals surface area contributed by atoms with E-state index in [1.807, 2.05) is 0 Å². The normalized spacial score (nSPS) is 27.0. The molecule has 2 saturated heterocycles. The fourth-order valence-corrected chi connectivity index (χ4v) is 4.14. The Morgan fingerprint density at radius 2 is 1.71 bits per heavy atom. The van der Waals surface area contributed by atoms with Gasteiger partial charge in [0.25, 0.3) is 5.91 Å². The number of aromatic nitrogens is 4. The molecule has 0 saturated carbocycles. The molecule has 2 aliphatic rings. The number of imidazole rings is 1. The zero-order valence-electron chi connectivity index (χ0n) is 19.8. The summed E-state index contributed by atoms with van der Waals surface area (Å²) in [5.74, 6) is -0.292. The standard InChI is InChI=1S/C20H34N10O4.Zn/c21-17-13-18(27-11-26-17)30(12-28-13)20-15(32)14(31)16(34-20)19(33)25-7-10-29-8-5-23-3-1-22-2-4-24-6-9-29;/h11-12,14-16,20,22-24,31-32H,1-10H2,(H,25,33)(H2,21,26,27);/q;+2/t14-,15+,16-,20+;/m0./s1. The van der Waals surface area contributed by atoms with E-state index in [-0.39, 0.29) is 25.3 Å². The molecule has 0 spiro atoms. The first-order valence-electron chi connectivity index (χ1n) is 11.6. The quantitative estimate of drug-likeness (QED) is 0.183. The Kier molecular flexibility index (Phi) is 10.7. The molecule has 2 aliphatic heterocycles. The van der Waals surface area contributed by atoms with Crippen molar-refractivity contribution in [1.29, 1.82) is 0 Å². The van der Waals surface area contributed by atoms with Gasteiger partial charge in [-0.15, -0.1) is 0 Å². The zero-order valence-corrected chi connectivity index (χ0v) is 22.7. The maximum atomic E-state index is 12.8. The van der Waals surface area contributed by atoms with E-state index in [4.69, 9.17) is 10.5 Å². The molecule has 188 valence electrons. The number of aliphatic hydroxyl groups is 2. The second kappa shape index (κ2) is 13.5. The number of amides is 1. The summed E-state index contributed by atoms with van der Waals surface area (Å²) in [6, 6.07) is 0. The Bertz CT molecular complexity index is 938. The van der Waals surface area contributed by atoms with Crippen molar-refractivity contribution >= 4 is 22.9 Å². The van der Waals surface area contributed by atoms with Gasteiger partial charge in [-0.3, -0.25) is 14.3 Å². The van der Waals surface area contributed by atoms with Crippen molar-refractivity contribution in [3.05, 3.63) is 12.7 Å². The van der Waals surface area contributed by atoms with Gasteiger partial charge in [-0.2, -0.15) is 0 Å². The molecule has 0 bridgehead atoms. The fourth-order valence-electron chi connectivity index (χ4n) is 4.14. The molecule has 1 amide bonds. The molecule has 4 rings (SSSR count). The van der Waals surface area contributed by atoms with Gasteiger partial charge >= 0.3 is 19.5 Å². The van der Waals surface area contributed by atoms with E-state index in [1.165, 1.54) is 17.2 Å². The molecule has 0 unspecified atom stereocenters. The number of carbonyl (C=O) groups is 1. The Labute approximate surface area is 216 Å². The number of nitrogen functional groups attached to an aromatic ring is 1. The van der Waals surface area contributed by atoms with Crippen LogP contribution in [0.3, 0.4) is 0 Å². The number of nitrogens with two attached hydrogens (primary N) is 1. The summed E-state index contributed by atoms with van der Waals surface area (Å²) in [7, 11) is 0. The van der Waals surface area contributed by atoms with E-state index in [0.717, 1.165) is 52.4 Å². The molecule has 2 fully saturated rings. The van der Waals surface area contributed by atoms with E-state index in [0.29, 0.717) is 24.3 Å². The minimum absolute atomic E-state index is 0. The van der Waals surface area contributed by atoms with Crippen molar-refractivity contribution in [2.45, 2.75) is 24.5 Å². The average molecular weight is 544 g/mol. The number of hydrogen-bond donors (Lipinski definition) is 7. The molecule has 4 heterocycles. The first kappa shape index (κ1) is 27.7. The topological polar surface area (TPSA) is 188 Å². The van der Waals surface area contributed by atoms with Crippen LogP contribution in [0, 0.1) is 0 Å². The largest absolute Gasteiger partial charge is 2.00 e. The number of fused-ring (bicyclic) bond motifs is 1. The third kappa shape index (κ3) is 6.89. The molecule has 4 atom stereocenters. The van der Waals surface area contributed by atoms with E-state index in [1.54, 1.807) is 0 Å². The molecule has 35 heavy (non-hydrogen) atoms. The molecule has 0 radical (unpaired) electrons. The van der Waals surface area contributed by atoms with Gasteiger partial charge in [-0.25, -0.2) is 15.0 Å². The van der Waals surface area contributed by atoms with Gasteiger partial charge in [-0.05, 0) is 0 Å². The molecule has 15 heteroatoms. The number of aliphatic hydroxyl groups excluding tert-OH is 2. The predicted octanol–water partition coefficient (Wildman–Crippen LogP) is -3.77. The number of carbonyl (C=O) groups excluding carboxylic acids is 1. The number of ether oxygens (including phenoxy) is 1. The van der Waals surface area contributed by atoms with Crippen molar-refractivity contribution in [3.63, 3.8) is 0 Å². The van der Waals surface area contributed by atoms with Gasteiger partial charge in [0.05, 0.1) is 6.33 Å². The smallest absolute Gasteiger partial charge is 0.387 e. The van der Waals surface area contributed by atoms with E-state index < -0.39 is 30.4 Å². The van der Waals surface area contributed by atoms with Crippen LogP contribution >= 0.6 is 0 Å². The SMILES string of the molecule is Nc1ncnc2c1ncn2[C@@H]1O[C@H](C(=O)NCCN2CCNCCNCCNCC2)[C@@H](O)[C@H]1O.[Zn+2]. The van der Waals surface area contributed by atoms with E-state index >= 15 is 0 Å². The Morgan fingerprint density at radius 3 is 2.40 bits per heavy atom. The van der Waals surface area contributed by atoms with Crippen LogP contribution in [0.4, 0.5) is 5.82 Å². The molecular weight excluding hydrogens is 510 g/mol. The summed E-state index contributed by atoms with van der Waals surface area (Å²) in [5, 5.41) is 34.0. The average Bonchev–Trinajstić information content (AvgIpc) is 3.37. The summed E-state index contributed by atoms with van der Waals surface area (Å²) < 4.78 is 7.19. The number of hydrogen-bond acceptors (Lipinski definition) is 12. The second-order valence-electron chi connectivity index (χ2n) is 8.39. The first-order valence-corrected chi connectivity index (χ1v) is 11.6. The van der Waals surface area contributed by atoms with Crippen molar-refractivity contribution in [2.75, 3.05) is 71.2 Å². The Hall–Kier alpha value is -1.84. The summed E-state index contributed by atoms with van der Waals surface area (Å²) in [6.45, 7) is 8.19. The van der Waals surface area contributed by atoms with Crippen molar-refractivity contribution in [1.82, 2.24) is 45.7 Å². The van der Waals surface area contributed by atoms with Gasteiger partial charge in [0.15, 0.2) is 23.8 Å². The molecule has 0 aromatic carbocycles. The van der Waals surface area contributed by atoms with Gasteiger partial charge in [0, 0.05) is 65.4 Å². The van der Waals surface area contributed by atoms with Crippen molar-refractivity contribution in [2.24, 2.45) is 0 Å². The molecular formula is C20H34N10O4Zn+2. The number of rotatable bonds is 5. The van der Waals surface area contributed by atoms with Gasteiger partial charge < -0.3 is 42.0 Å². The molecule has 8 N–H and O–H groups in total. The maximum absolute atomic E-state index is 12.8. The predicted molar refractivity (Wildman–Crippen MR) is 124 cm³/mol. The maximum Gasteiger partial charge on any atom is 2.00 e. The van der Waals surface area contributed by atoms with Crippen LogP contribution in [0.25, 0.3) is 11.2 Å². The van der Waals surface area contributed by atoms with Crippen LogP contribution in [0.15, 0.2) is 12.7 Å². The molecule has 2 aromatic rings. The van der Waals surface area contributed by atoms with Gasteiger partial charge in [-0.1, -0.05) is 0 Å². The van der Waals surface area contributed by atoms with Crippen LogP contribution < -0.4 is 27.0 Å². The Morgan fingerprint density at radius 1 is 1.06 bits per heavy atom. The fraction of sp³-hybridized carbons (Fsp3) is 0.700. The third-order valence-electron chi connectivity index (χ3n) is 6.05. The van der Waals surface area contributed by atoms with Crippen LogP contribution in [0.1, 0.15) is 6.23 Å². The third-order valence-corrected chi connectivity index (χ3v) is 6.05. The number of nitrogens with zero attached hydrogens (tertiary/aromatic N) is 5. The van der Waals surface area contributed by atoms with E-state index in [2.05, 4.69) is 41.1 Å². The van der Waals surface area contributed by atoms with Crippen molar-refractivity contribution in [3.8, 4) is 0 Å². The molecule has 0 aliphatic carbocycles. The van der Waals surface area contributed by atoms with Crippen LogP contribution in [-0.2, 0) is 29.0 Å². The Balaban J connectivity index is 0.00000342. The van der Waals surface area contributed by atoms with Gasteiger partial charge in [0.2, 0.25) is 0 Å². The van der Waals surface area contributed by atoms with Gasteiger partial charge in [0.1, 0.15) is 24.1 Å². The minimum atomic E-state index is -1.40. The van der Waals surface area contributed by atoms with Crippen molar-refractivity contribution < 1.29 is 39.2 Å². The van der Waals surface area contributed by atoms with Crippen LogP contribution in [0.2, 0.25) is 0 Å². The minimum Gasteiger partial charge on any atom is -0.387 e. The summed E-state index contributed by atoms with van der Waals surface area (Å²) in [6.07, 6.45) is -2.33. The number of anilines is 1. The van der Waals surface area contributed by atoms with Crippen LogP contribution in [-0.4, -0.2) is 124 Å². The zero-order chi connectivity index (χ0) is 23.9. The molecule has 2 aromatic heterocycles. The summed E-state index contributed by atoms with van der Waals surface area (Å²) in [5.41, 5.74) is 6.51. The first-order chi connectivity index (χ1) is 16.6. The monoisotopic (exact) mass is 542 g/mol. The van der Waals surface area contributed by atoms with Crippen LogP contribution in [0.5, 0.6) is 0 Å². The molecule has 14 nitrogen and oxygen atoms in total. The summed E-state index contributed by atoms with van der Waals surface area (Å²) >= 11 is 0.